The Kier molecular flexibility index (Phi) is 5.64. The van der Waals surface area contributed by atoms with Crippen molar-refractivity contribution in [3.05, 3.63) is 82.3 Å². The molecular weight excluding hydrogens is 362 g/mol. The lowest BCUT2D eigenvalue weighted by Crippen LogP contribution is -2.24. The van der Waals surface area contributed by atoms with Gasteiger partial charge in [0.05, 0.1) is 11.6 Å². The first-order valence-electron chi connectivity index (χ1n) is 8.19. The number of carbonyl (C=O) groups excluding carboxylic acids is 1. The van der Waals surface area contributed by atoms with Crippen LogP contribution < -0.4 is 10.6 Å². The molecule has 0 saturated heterocycles. The Bertz CT molecular complexity index is 994. The van der Waals surface area contributed by atoms with Gasteiger partial charge in [0.15, 0.2) is 0 Å². The van der Waals surface area contributed by atoms with Crippen LogP contribution in [0.2, 0.25) is 5.02 Å². The number of hydrogen-bond acceptors (Lipinski definition) is 5. The molecule has 3 rings (SSSR count). The van der Waals surface area contributed by atoms with Gasteiger partial charge in [-0.3, -0.25) is 4.79 Å². The minimum atomic E-state index is -0.293. The Hall–Kier alpha value is -3.43. The first-order valence-corrected chi connectivity index (χ1v) is 8.57. The number of anilines is 2. The Labute approximate surface area is 161 Å². The number of aromatic nitrogens is 2. The Balaban J connectivity index is 1.70. The number of nitrogens with one attached hydrogen (secondary N) is 2. The van der Waals surface area contributed by atoms with Crippen LogP contribution in [0.3, 0.4) is 0 Å². The fourth-order valence-corrected chi connectivity index (χ4v) is 2.53. The summed E-state index contributed by atoms with van der Waals surface area (Å²) >= 11 is 5.86. The molecule has 134 valence electrons. The standard InChI is InChI=1S/C20H16ClN5O/c1-13-24-18(20(27)23-12-15-2-6-16(21)7-3-15)10-19(25-13)26-17-8-4-14(11-22)5-9-17/h2-10H,12H2,1H3,(H,23,27)(H,24,25,26). The molecule has 3 aromatic rings. The minimum absolute atomic E-state index is 0.271. The Morgan fingerprint density at radius 2 is 1.81 bits per heavy atom. The highest BCUT2D eigenvalue weighted by Crippen LogP contribution is 2.16. The molecule has 0 radical (unpaired) electrons. The van der Waals surface area contributed by atoms with Crippen molar-refractivity contribution in [3.63, 3.8) is 0 Å². The smallest absolute Gasteiger partial charge is 0.270 e. The number of amides is 1. The van der Waals surface area contributed by atoms with Gasteiger partial charge in [0.1, 0.15) is 17.3 Å². The summed E-state index contributed by atoms with van der Waals surface area (Å²) in [5, 5.41) is 15.5. The first-order chi connectivity index (χ1) is 13.0. The van der Waals surface area contributed by atoms with Crippen LogP contribution in [0.1, 0.15) is 27.4 Å². The lowest BCUT2D eigenvalue weighted by Gasteiger charge is -2.09. The van der Waals surface area contributed by atoms with Crippen molar-refractivity contribution in [3.8, 4) is 6.07 Å². The topological polar surface area (TPSA) is 90.7 Å². The maximum Gasteiger partial charge on any atom is 0.270 e. The van der Waals surface area contributed by atoms with Crippen molar-refractivity contribution in [2.24, 2.45) is 0 Å². The van der Waals surface area contributed by atoms with Gasteiger partial charge in [-0.2, -0.15) is 5.26 Å². The van der Waals surface area contributed by atoms with Gasteiger partial charge >= 0.3 is 0 Å². The van der Waals surface area contributed by atoms with E-state index >= 15 is 0 Å². The van der Waals surface area contributed by atoms with Crippen molar-refractivity contribution < 1.29 is 4.79 Å². The lowest BCUT2D eigenvalue weighted by molar-refractivity contribution is 0.0945. The van der Waals surface area contributed by atoms with Gasteiger partial charge in [0, 0.05) is 23.3 Å². The SMILES string of the molecule is Cc1nc(Nc2ccc(C#N)cc2)cc(C(=O)NCc2ccc(Cl)cc2)n1. The van der Waals surface area contributed by atoms with E-state index in [1.165, 1.54) is 0 Å². The zero-order valence-electron chi connectivity index (χ0n) is 14.5. The van der Waals surface area contributed by atoms with E-state index in [9.17, 15) is 4.79 Å². The van der Waals surface area contributed by atoms with Crippen molar-refractivity contribution in [2.75, 3.05) is 5.32 Å². The van der Waals surface area contributed by atoms with Crippen LogP contribution in [0.4, 0.5) is 11.5 Å². The second-order valence-electron chi connectivity index (χ2n) is 5.81. The van der Waals surface area contributed by atoms with E-state index in [2.05, 4.69) is 26.7 Å². The van der Waals surface area contributed by atoms with Crippen LogP contribution >= 0.6 is 11.6 Å². The van der Waals surface area contributed by atoms with Gasteiger partial charge in [-0.1, -0.05) is 23.7 Å². The summed E-state index contributed by atoms with van der Waals surface area (Å²) in [5.41, 5.74) is 2.54. The summed E-state index contributed by atoms with van der Waals surface area (Å²) in [7, 11) is 0. The zero-order valence-corrected chi connectivity index (χ0v) is 15.3. The van der Waals surface area contributed by atoms with E-state index in [0.717, 1.165) is 11.3 Å². The average molecular weight is 378 g/mol. The first kappa shape index (κ1) is 18.4. The average Bonchev–Trinajstić information content (AvgIpc) is 2.67. The van der Waals surface area contributed by atoms with Gasteiger partial charge in [0.25, 0.3) is 5.91 Å². The van der Waals surface area contributed by atoms with Crippen LogP contribution in [-0.2, 0) is 6.54 Å². The number of hydrogen-bond donors (Lipinski definition) is 2. The molecule has 0 fully saturated rings. The molecule has 0 atom stereocenters. The van der Waals surface area contributed by atoms with E-state index in [0.29, 0.717) is 28.8 Å². The number of benzene rings is 2. The van der Waals surface area contributed by atoms with Gasteiger partial charge in [-0.05, 0) is 48.9 Å². The maximum absolute atomic E-state index is 12.4. The number of carbonyl (C=O) groups is 1. The van der Waals surface area contributed by atoms with Crippen LogP contribution in [0.5, 0.6) is 0 Å². The van der Waals surface area contributed by atoms with Crippen LogP contribution in [-0.4, -0.2) is 15.9 Å². The molecule has 2 aromatic carbocycles. The molecule has 0 aliphatic carbocycles. The predicted octanol–water partition coefficient (Wildman–Crippen LogP) is 3.98. The molecule has 0 saturated carbocycles. The van der Waals surface area contributed by atoms with Crippen molar-refractivity contribution >= 4 is 29.0 Å². The van der Waals surface area contributed by atoms with Crippen molar-refractivity contribution in [1.29, 1.82) is 5.26 Å². The van der Waals surface area contributed by atoms with Crippen LogP contribution in [0.25, 0.3) is 0 Å². The van der Waals surface area contributed by atoms with E-state index < -0.39 is 0 Å². The van der Waals surface area contributed by atoms with E-state index in [4.69, 9.17) is 16.9 Å². The largest absolute Gasteiger partial charge is 0.347 e. The van der Waals surface area contributed by atoms with Crippen molar-refractivity contribution in [1.82, 2.24) is 15.3 Å². The van der Waals surface area contributed by atoms with E-state index in [-0.39, 0.29) is 11.6 Å². The van der Waals surface area contributed by atoms with Gasteiger partial charge in [0.2, 0.25) is 0 Å². The highest BCUT2D eigenvalue weighted by molar-refractivity contribution is 6.30. The van der Waals surface area contributed by atoms with Crippen LogP contribution in [0.15, 0.2) is 54.6 Å². The Morgan fingerprint density at radius 1 is 1.11 bits per heavy atom. The summed E-state index contributed by atoms with van der Waals surface area (Å²) in [5.74, 6) is 0.687. The number of nitriles is 1. The molecule has 0 aliphatic heterocycles. The molecule has 1 aromatic heterocycles. The molecule has 1 amide bonds. The maximum atomic E-state index is 12.4. The van der Waals surface area contributed by atoms with Crippen LogP contribution in [0, 0.1) is 18.3 Å². The third kappa shape index (κ3) is 5.03. The molecule has 2 N–H and O–H groups in total. The molecule has 0 aliphatic rings. The van der Waals surface area contributed by atoms with Crippen molar-refractivity contribution in [2.45, 2.75) is 13.5 Å². The number of rotatable bonds is 5. The third-order valence-corrected chi connectivity index (χ3v) is 3.98. The molecular formula is C20H16ClN5O. The van der Waals surface area contributed by atoms with E-state index in [1.54, 1.807) is 49.4 Å². The summed E-state index contributed by atoms with van der Waals surface area (Å²) < 4.78 is 0. The third-order valence-electron chi connectivity index (χ3n) is 3.72. The summed E-state index contributed by atoms with van der Waals surface area (Å²) in [6, 6.07) is 17.9. The van der Waals surface area contributed by atoms with Gasteiger partial charge in [-0.15, -0.1) is 0 Å². The summed E-state index contributed by atoms with van der Waals surface area (Å²) in [4.78, 5) is 20.9. The quantitative estimate of drug-likeness (QED) is 0.701. The molecule has 0 bridgehead atoms. The highest BCUT2D eigenvalue weighted by Gasteiger charge is 2.11. The second-order valence-corrected chi connectivity index (χ2v) is 6.25. The summed E-state index contributed by atoms with van der Waals surface area (Å²) in [6.45, 7) is 2.09. The Morgan fingerprint density at radius 3 is 2.48 bits per heavy atom. The molecule has 0 spiro atoms. The van der Waals surface area contributed by atoms with Gasteiger partial charge in [-0.25, -0.2) is 9.97 Å². The molecule has 6 nitrogen and oxygen atoms in total. The highest BCUT2D eigenvalue weighted by atomic mass is 35.5. The van der Waals surface area contributed by atoms with E-state index in [1.807, 2.05) is 12.1 Å². The second kappa shape index (κ2) is 8.30. The molecule has 7 heteroatoms. The number of aryl methyl sites for hydroxylation is 1. The molecule has 0 unspecified atom stereocenters. The number of nitrogens with zero attached hydrogens (tertiary/aromatic N) is 3. The monoisotopic (exact) mass is 377 g/mol. The number of halogens is 1. The zero-order chi connectivity index (χ0) is 19.2. The fourth-order valence-electron chi connectivity index (χ4n) is 2.40. The normalized spacial score (nSPS) is 10.1. The summed E-state index contributed by atoms with van der Waals surface area (Å²) in [6.07, 6.45) is 0. The fraction of sp³-hybridized carbons (Fsp3) is 0.100. The predicted molar refractivity (Wildman–Crippen MR) is 104 cm³/mol. The molecule has 1 heterocycles. The van der Waals surface area contributed by atoms with Gasteiger partial charge < -0.3 is 10.6 Å². The molecule has 27 heavy (non-hydrogen) atoms. The lowest BCUT2D eigenvalue weighted by atomic mass is 10.2. The minimum Gasteiger partial charge on any atom is -0.347 e.